The zero-order valence-electron chi connectivity index (χ0n) is 17.8. The maximum Gasteiger partial charge on any atom is 0.243 e. The highest BCUT2D eigenvalue weighted by Gasteiger charge is 2.26. The number of aryl methyl sites for hydroxylation is 3. The van der Waals surface area contributed by atoms with E-state index in [2.05, 4.69) is 10.3 Å². The standard InChI is InChI=1S/C22H25ClN4O3S/c1-15-5-10-19(13-16(15)2)31(29,30)27(4)14-20(28)25-21(22-24-11-12-26(22)3)17-6-8-18(23)9-7-17/h5-13,21H,14H2,1-4H3,(H,25,28)/t21-/m1/s1. The van der Waals surface area contributed by atoms with Gasteiger partial charge in [0, 0.05) is 31.5 Å². The fourth-order valence-corrected chi connectivity index (χ4v) is 4.49. The van der Waals surface area contributed by atoms with Gasteiger partial charge in [0.25, 0.3) is 0 Å². The number of sulfonamides is 1. The number of carbonyl (C=O) groups excluding carboxylic acids is 1. The van der Waals surface area contributed by atoms with Crippen molar-refractivity contribution in [3.8, 4) is 0 Å². The highest BCUT2D eigenvalue weighted by molar-refractivity contribution is 7.89. The van der Waals surface area contributed by atoms with Crippen LogP contribution in [0.1, 0.15) is 28.6 Å². The summed E-state index contributed by atoms with van der Waals surface area (Å²) in [5, 5.41) is 3.48. The third-order valence-corrected chi connectivity index (χ3v) is 7.23. The van der Waals surface area contributed by atoms with Crippen LogP contribution in [0.15, 0.2) is 59.8 Å². The predicted molar refractivity (Wildman–Crippen MR) is 120 cm³/mol. The van der Waals surface area contributed by atoms with Crippen molar-refractivity contribution in [2.45, 2.75) is 24.8 Å². The molecule has 0 bridgehead atoms. The number of nitrogens with one attached hydrogen (secondary N) is 1. The Balaban J connectivity index is 1.81. The molecule has 1 atom stereocenters. The molecule has 1 amide bonds. The minimum absolute atomic E-state index is 0.157. The molecule has 1 N–H and O–H groups in total. The predicted octanol–water partition coefficient (Wildman–Crippen LogP) is 3.22. The summed E-state index contributed by atoms with van der Waals surface area (Å²) >= 11 is 5.99. The first-order chi connectivity index (χ1) is 14.6. The summed E-state index contributed by atoms with van der Waals surface area (Å²) in [6.07, 6.45) is 3.42. The Kier molecular flexibility index (Phi) is 6.83. The molecule has 0 saturated heterocycles. The second-order valence-corrected chi connectivity index (χ2v) is 9.94. The summed E-state index contributed by atoms with van der Waals surface area (Å²) in [6.45, 7) is 3.44. The van der Waals surface area contributed by atoms with Crippen LogP contribution in [0.25, 0.3) is 0 Å². The van der Waals surface area contributed by atoms with Crippen molar-refractivity contribution in [2.75, 3.05) is 13.6 Å². The van der Waals surface area contributed by atoms with E-state index in [4.69, 9.17) is 11.6 Å². The Morgan fingerprint density at radius 2 is 1.84 bits per heavy atom. The van der Waals surface area contributed by atoms with Crippen LogP contribution in [0.4, 0.5) is 0 Å². The van der Waals surface area contributed by atoms with Gasteiger partial charge in [-0.2, -0.15) is 4.31 Å². The third-order valence-electron chi connectivity index (χ3n) is 5.18. The number of carbonyl (C=O) groups is 1. The van der Waals surface area contributed by atoms with Gasteiger partial charge in [-0.25, -0.2) is 13.4 Å². The molecule has 1 aromatic heterocycles. The Morgan fingerprint density at radius 1 is 1.16 bits per heavy atom. The quantitative estimate of drug-likeness (QED) is 0.586. The number of halogens is 1. The Labute approximate surface area is 187 Å². The van der Waals surface area contributed by atoms with E-state index in [1.165, 1.54) is 7.05 Å². The van der Waals surface area contributed by atoms with Crippen molar-refractivity contribution < 1.29 is 13.2 Å². The molecule has 2 aromatic carbocycles. The average Bonchev–Trinajstić information content (AvgIpc) is 3.14. The van der Waals surface area contributed by atoms with Gasteiger partial charge in [0.2, 0.25) is 15.9 Å². The zero-order chi connectivity index (χ0) is 22.8. The smallest absolute Gasteiger partial charge is 0.243 e. The summed E-state index contributed by atoms with van der Waals surface area (Å²) in [5.74, 6) is 0.174. The van der Waals surface area contributed by atoms with Gasteiger partial charge in [-0.05, 0) is 54.8 Å². The third kappa shape index (κ3) is 5.15. The van der Waals surface area contributed by atoms with E-state index in [-0.39, 0.29) is 11.4 Å². The van der Waals surface area contributed by atoms with E-state index < -0.39 is 22.0 Å². The first-order valence-electron chi connectivity index (χ1n) is 9.65. The van der Waals surface area contributed by atoms with Gasteiger partial charge in [-0.3, -0.25) is 4.79 Å². The van der Waals surface area contributed by atoms with Gasteiger partial charge in [-0.15, -0.1) is 0 Å². The number of hydrogen-bond acceptors (Lipinski definition) is 4. The Morgan fingerprint density at radius 3 is 2.42 bits per heavy atom. The largest absolute Gasteiger partial charge is 0.341 e. The molecule has 0 aliphatic rings. The molecular formula is C22H25ClN4O3S. The lowest BCUT2D eigenvalue weighted by Gasteiger charge is -2.22. The molecule has 0 unspecified atom stereocenters. The lowest BCUT2D eigenvalue weighted by molar-refractivity contribution is -0.121. The molecule has 0 fully saturated rings. The first-order valence-corrected chi connectivity index (χ1v) is 11.5. The van der Waals surface area contributed by atoms with E-state index in [0.29, 0.717) is 10.8 Å². The summed E-state index contributed by atoms with van der Waals surface area (Å²) in [5.41, 5.74) is 2.66. The molecule has 3 aromatic rings. The average molecular weight is 461 g/mol. The van der Waals surface area contributed by atoms with Crippen molar-refractivity contribution in [1.29, 1.82) is 0 Å². The number of aromatic nitrogens is 2. The molecule has 164 valence electrons. The van der Waals surface area contributed by atoms with E-state index in [9.17, 15) is 13.2 Å². The molecule has 3 rings (SSSR count). The van der Waals surface area contributed by atoms with E-state index >= 15 is 0 Å². The van der Waals surface area contributed by atoms with Crippen molar-refractivity contribution >= 4 is 27.5 Å². The van der Waals surface area contributed by atoms with Crippen molar-refractivity contribution in [2.24, 2.45) is 7.05 Å². The summed E-state index contributed by atoms with van der Waals surface area (Å²) in [7, 11) is -0.589. The molecule has 0 aliphatic heterocycles. The van der Waals surface area contributed by atoms with Gasteiger partial charge < -0.3 is 9.88 Å². The van der Waals surface area contributed by atoms with Gasteiger partial charge in [-0.1, -0.05) is 29.8 Å². The number of amides is 1. The molecular weight excluding hydrogens is 436 g/mol. The normalized spacial score (nSPS) is 12.7. The Hall–Kier alpha value is -2.68. The van der Waals surface area contributed by atoms with Crippen LogP contribution < -0.4 is 5.32 Å². The number of imidazole rings is 1. The van der Waals surface area contributed by atoms with E-state index in [1.807, 2.05) is 20.9 Å². The number of hydrogen-bond donors (Lipinski definition) is 1. The van der Waals surface area contributed by atoms with Crippen LogP contribution in [0, 0.1) is 13.8 Å². The zero-order valence-corrected chi connectivity index (χ0v) is 19.4. The summed E-state index contributed by atoms with van der Waals surface area (Å²) in [6, 6.07) is 11.4. The molecule has 0 aliphatic carbocycles. The minimum atomic E-state index is -3.81. The first kappa shape index (κ1) is 23.0. The number of rotatable bonds is 7. The molecule has 9 heteroatoms. The highest BCUT2D eigenvalue weighted by atomic mass is 35.5. The van der Waals surface area contributed by atoms with Crippen molar-refractivity contribution in [3.05, 3.63) is 82.4 Å². The Bertz CT molecular complexity index is 1190. The van der Waals surface area contributed by atoms with Crippen LogP contribution in [0.2, 0.25) is 5.02 Å². The fourth-order valence-electron chi connectivity index (χ4n) is 3.16. The van der Waals surface area contributed by atoms with E-state index in [0.717, 1.165) is 21.0 Å². The SMILES string of the molecule is Cc1ccc(S(=O)(=O)N(C)CC(=O)N[C@H](c2ccc(Cl)cc2)c2nccn2C)cc1C. The van der Waals surface area contributed by atoms with Crippen LogP contribution in [0.3, 0.4) is 0 Å². The highest BCUT2D eigenvalue weighted by Crippen LogP contribution is 2.23. The topological polar surface area (TPSA) is 84.3 Å². The number of likely N-dealkylation sites (N-methyl/N-ethyl adjacent to an activating group) is 1. The second-order valence-electron chi connectivity index (χ2n) is 7.46. The monoisotopic (exact) mass is 460 g/mol. The molecule has 0 spiro atoms. The van der Waals surface area contributed by atoms with Gasteiger partial charge >= 0.3 is 0 Å². The van der Waals surface area contributed by atoms with Crippen LogP contribution in [-0.2, 0) is 21.9 Å². The lowest BCUT2D eigenvalue weighted by Crippen LogP contribution is -2.40. The van der Waals surface area contributed by atoms with Crippen molar-refractivity contribution in [1.82, 2.24) is 19.2 Å². The van der Waals surface area contributed by atoms with Crippen molar-refractivity contribution in [3.63, 3.8) is 0 Å². The molecule has 0 radical (unpaired) electrons. The van der Waals surface area contributed by atoms with Crippen LogP contribution >= 0.6 is 11.6 Å². The molecule has 31 heavy (non-hydrogen) atoms. The fraction of sp³-hybridized carbons (Fsp3) is 0.273. The van der Waals surface area contributed by atoms with E-state index in [1.54, 1.807) is 59.4 Å². The van der Waals surface area contributed by atoms with Gasteiger partial charge in [0.15, 0.2) is 0 Å². The van der Waals surface area contributed by atoms with Crippen LogP contribution in [-0.4, -0.2) is 41.8 Å². The summed E-state index contributed by atoms with van der Waals surface area (Å²) < 4.78 is 28.7. The maximum absolute atomic E-state index is 12.9. The lowest BCUT2D eigenvalue weighted by atomic mass is 10.1. The molecule has 1 heterocycles. The molecule has 7 nitrogen and oxygen atoms in total. The minimum Gasteiger partial charge on any atom is -0.341 e. The van der Waals surface area contributed by atoms with Gasteiger partial charge in [0.1, 0.15) is 11.9 Å². The maximum atomic E-state index is 12.9. The number of nitrogens with zero attached hydrogens (tertiary/aromatic N) is 3. The summed E-state index contributed by atoms with van der Waals surface area (Å²) in [4.78, 5) is 17.3. The van der Waals surface area contributed by atoms with Gasteiger partial charge in [0.05, 0.1) is 11.4 Å². The number of benzene rings is 2. The van der Waals surface area contributed by atoms with Crippen LogP contribution in [0.5, 0.6) is 0 Å². The molecule has 0 saturated carbocycles. The second kappa shape index (κ2) is 9.21.